The van der Waals surface area contributed by atoms with Gasteiger partial charge in [0.25, 0.3) is 0 Å². The van der Waals surface area contributed by atoms with Crippen molar-refractivity contribution in [1.82, 2.24) is 4.90 Å². The second-order valence-electron chi connectivity index (χ2n) is 5.03. The van der Waals surface area contributed by atoms with E-state index < -0.39 is 0 Å². The maximum Gasteiger partial charge on any atom is 0.0436 e. The van der Waals surface area contributed by atoms with Gasteiger partial charge in [-0.2, -0.15) is 11.8 Å². The number of thiophene rings is 1. The number of hydrogen-bond donors (Lipinski definition) is 1. The van der Waals surface area contributed by atoms with Crippen molar-refractivity contribution in [1.29, 1.82) is 0 Å². The molecule has 1 unspecified atom stereocenters. The summed E-state index contributed by atoms with van der Waals surface area (Å²) < 4.78 is 0. The molecule has 0 aliphatic carbocycles. The second kappa shape index (κ2) is 5.74. The van der Waals surface area contributed by atoms with E-state index in [1.807, 2.05) is 23.1 Å². The standard InChI is InChI=1S/C13H22N2S2/c1-11(2)15(8-12-4-3-6-17-12)13(9-14)5-7-16-10-13/h3-4,6,11H,5,7-10,14H2,1-2H3. The average molecular weight is 270 g/mol. The molecule has 0 bridgehead atoms. The zero-order valence-electron chi connectivity index (χ0n) is 10.7. The van der Waals surface area contributed by atoms with Crippen molar-refractivity contribution < 1.29 is 0 Å². The molecule has 1 aromatic heterocycles. The largest absolute Gasteiger partial charge is 0.329 e. The van der Waals surface area contributed by atoms with Crippen molar-refractivity contribution in [3.63, 3.8) is 0 Å². The van der Waals surface area contributed by atoms with E-state index >= 15 is 0 Å². The normalized spacial score (nSPS) is 25.0. The lowest BCUT2D eigenvalue weighted by Crippen LogP contribution is -2.56. The molecule has 2 heterocycles. The summed E-state index contributed by atoms with van der Waals surface area (Å²) in [5.41, 5.74) is 6.31. The van der Waals surface area contributed by atoms with Gasteiger partial charge in [0.1, 0.15) is 0 Å². The molecular formula is C13H22N2S2. The van der Waals surface area contributed by atoms with Gasteiger partial charge < -0.3 is 5.73 Å². The van der Waals surface area contributed by atoms with Crippen LogP contribution in [0.4, 0.5) is 0 Å². The minimum atomic E-state index is 0.225. The Morgan fingerprint density at radius 2 is 2.35 bits per heavy atom. The van der Waals surface area contributed by atoms with Crippen LogP contribution in [0.1, 0.15) is 25.1 Å². The molecule has 0 spiro atoms. The predicted octanol–water partition coefficient (Wildman–Crippen LogP) is 2.79. The molecule has 4 heteroatoms. The minimum Gasteiger partial charge on any atom is -0.329 e. The van der Waals surface area contributed by atoms with Gasteiger partial charge in [-0.1, -0.05) is 6.07 Å². The number of thioether (sulfide) groups is 1. The molecule has 0 aromatic carbocycles. The van der Waals surface area contributed by atoms with E-state index in [0.29, 0.717) is 6.04 Å². The molecule has 17 heavy (non-hydrogen) atoms. The van der Waals surface area contributed by atoms with E-state index in [9.17, 15) is 0 Å². The lowest BCUT2D eigenvalue weighted by molar-refractivity contribution is 0.0740. The molecule has 1 aliphatic heterocycles. The van der Waals surface area contributed by atoms with Crippen LogP contribution in [0.25, 0.3) is 0 Å². The number of rotatable bonds is 5. The molecule has 96 valence electrons. The zero-order valence-corrected chi connectivity index (χ0v) is 12.3. The molecule has 0 radical (unpaired) electrons. The monoisotopic (exact) mass is 270 g/mol. The summed E-state index contributed by atoms with van der Waals surface area (Å²) in [6, 6.07) is 4.92. The van der Waals surface area contributed by atoms with E-state index in [2.05, 4.69) is 36.3 Å². The highest BCUT2D eigenvalue weighted by Gasteiger charge is 2.40. The maximum absolute atomic E-state index is 6.08. The Balaban J connectivity index is 2.16. The van der Waals surface area contributed by atoms with Crippen molar-refractivity contribution in [3.8, 4) is 0 Å². The Morgan fingerprint density at radius 3 is 2.82 bits per heavy atom. The van der Waals surface area contributed by atoms with Gasteiger partial charge in [-0.15, -0.1) is 11.3 Å². The van der Waals surface area contributed by atoms with Crippen molar-refractivity contribution in [2.75, 3.05) is 18.1 Å². The van der Waals surface area contributed by atoms with Crippen molar-refractivity contribution in [2.24, 2.45) is 5.73 Å². The fourth-order valence-corrected chi connectivity index (χ4v) is 4.75. The van der Waals surface area contributed by atoms with Crippen LogP contribution >= 0.6 is 23.1 Å². The Bertz CT molecular complexity index is 329. The highest BCUT2D eigenvalue weighted by Crippen LogP contribution is 2.35. The SMILES string of the molecule is CC(C)N(Cc1cccs1)C1(CN)CCSC1. The quantitative estimate of drug-likeness (QED) is 0.892. The van der Waals surface area contributed by atoms with Gasteiger partial charge in [0.2, 0.25) is 0 Å². The number of hydrogen-bond acceptors (Lipinski definition) is 4. The van der Waals surface area contributed by atoms with Gasteiger partial charge in [-0.25, -0.2) is 0 Å². The van der Waals surface area contributed by atoms with Crippen molar-refractivity contribution in [3.05, 3.63) is 22.4 Å². The molecule has 0 amide bonds. The Labute approximate surface area is 113 Å². The second-order valence-corrected chi connectivity index (χ2v) is 7.17. The van der Waals surface area contributed by atoms with Crippen molar-refractivity contribution in [2.45, 2.75) is 38.4 Å². The van der Waals surface area contributed by atoms with E-state index in [4.69, 9.17) is 5.73 Å². The van der Waals surface area contributed by atoms with Crippen LogP contribution in [0.3, 0.4) is 0 Å². The van der Waals surface area contributed by atoms with E-state index in [1.54, 1.807) is 0 Å². The van der Waals surface area contributed by atoms with Gasteiger partial charge >= 0.3 is 0 Å². The summed E-state index contributed by atoms with van der Waals surface area (Å²) in [5, 5.41) is 2.16. The lowest BCUT2D eigenvalue weighted by Gasteiger charge is -2.42. The molecule has 1 saturated heterocycles. The topological polar surface area (TPSA) is 29.3 Å². The predicted molar refractivity (Wildman–Crippen MR) is 78.7 cm³/mol. The third-order valence-corrected chi connectivity index (χ3v) is 5.70. The van der Waals surface area contributed by atoms with Gasteiger partial charge in [0, 0.05) is 35.3 Å². The Hall–Kier alpha value is -0.0300. The van der Waals surface area contributed by atoms with Gasteiger partial charge in [-0.3, -0.25) is 4.90 Å². The van der Waals surface area contributed by atoms with E-state index in [0.717, 1.165) is 13.1 Å². The molecular weight excluding hydrogens is 248 g/mol. The summed E-state index contributed by atoms with van der Waals surface area (Å²) in [6.07, 6.45) is 1.23. The third-order valence-electron chi connectivity index (χ3n) is 3.60. The fraction of sp³-hybridized carbons (Fsp3) is 0.692. The highest BCUT2D eigenvalue weighted by atomic mass is 32.2. The smallest absolute Gasteiger partial charge is 0.0436 e. The average Bonchev–Trinajstić information content (AvgIpc) is 2.97. The molecule has 2 rings (SSSR count). The molecule has 2 N–H and O–H groups in total. The first-order valence-electron chi connectivity index (χ1n) is 6.25. The lowest BCUT2D eigenvalue weighted by atomic mass is 9.94. The van der Waals surface area contributed by atoms with Crippen molar-refractivity contribution >= 4 is 23.1 Å². The van der Waals surface area contributed by atoms with Crippen LogP contribution in [0, 0.1) is 0 Å². The number of nitrogens with zero attached hydrogens (tertiary/aromatic N) is 1. The maximum atomic E-state index is 6.08. The Morgan fingerprint density at radius 1 is 1.53 bits per heavy atom. The summed E-state index contributed by atoms with van der Waals surface area (Å²) in [6.45, 7) is 6.40. The summed E-state index contributed by atoms with van der Waals surface area (Å²) in [4.78, 5) is 4.06. The van der Waals surface area contributed by atoms with Crippen LogP contribution < -0.4 is 5.73 Å². The van der Waals surface area contributed by atoms with Gasteiger partial charge in [0.05, 0.1) is 0 Å². The first-order valence-corrected chi connectivity index (χ1v) is 8.28. The Kier molecular flexibility index (Phi) is 4.53. The zero-order chi connectivity index (χ0) is 12.3. The molecule has 1 fully saturated rings. The first kappa shape index (κ1) is 13.4. The van der Waals surface area contributed by atoms with Gasteiger partial charge in [0.15, 0.2) is 0 Å². The fourth-order valence-electron chi connectivity index (χ4n) is 2.57. The minimum absolute atomic E-state index is 0.225. The first-order chi connectivity index (χ1) is 8.18. The summed E-state index contributed by atoms with van der Waals surface area (Å²) in [5.74, 6) is 2.44. The van der Waals surface area contributed by atoms with Crippen LogP contribution in [0.5, 0.6) is 0 Å². The highest BCUT2D eigenvalue weighted by molar-refractivity contribution is 7.99. The van der Waals surface area contributed by atoms with E-state index in [1.165, 1.54) is 22.8 Å². The molecule has 1 atom stereocenters. The molecule has 2 nitrogen and oxygen atoms in total. The summed E-state index contributed by atoms with van der Waals surface area (Å²) >= 11 is 3.89. The van der Waals surface area contributed by atoms with Crippen LogP contribution in [-0.4, -0.2) is 34.5 Å². The number of nitrogens with two attached hydrogens (primary N) is 1. The van der Waals surface area contributed by atoms with Crippen LogP contribution in [0.15, 0.2) is 17.5 Å². The molecule has 1 aromatic rings. The van der Waals surface area contributed by atoms with E-state index in [-0.39, 0.29) is 5.54 Å². The molecule has 0 saturated carbocycles. The third kappa shape index (κ3) is 2.87. The van der Waals surface area contributed by atoms with Crippen LogP contribution in [0.2, 0.25) is 0 Å². The molecule has 1 aliphatic rings. The summed E-state index contributed by atoms with van der Waals surface area (Å²) in [7, 11) is 0. The van der Waals surface area contributed by atoms with Crippen LogP contribution in [-0.2, 0) is 6.54 Å². The van der Waals surface area contributed by atoms with Gasteiger partial charge in [-0.05, 0) is 37.5 Å².